The molecule has 1 N–H and O–H groups in total. The molecule has 0 aromatic heterocycles. The molecule has 0 fully saturated rings. The van der Waals surface area contributed by atoms with Gasteiger partial charge in [0.2, 0.25) is 11.8 Å². The van der Waals surface area contributed by atoms with Crippen LogP contribution in [0.2, 0.25) is 0 Å². The lowest BCUT2D eigenvalue weighted by Crippen LogP contribution is -2.33. The van der Waals surface area contributed by atoms with E-state index in [1.165, 1.54) is 6.92 Å². The zero-order valence-electron chi connectivity index (χ0n) is 16.7. The summed E-state index contributed by atoms with van der Waals surface area (Å²) in [5.41, 5.74) is 1.62. The van der Waals surface area contributed by atoms with Gasteiger partial charge in [0, 0.05) is 32.1 Å². The van der Waals surface area contributed by atoms with Crippen molar-refractivity contribution in [3.8, 4) is 17.2 Å². The number of hydrogen-bond donors (Lipinski definition) is 1. The van der Waals surface area contributed by atoms with Crippen LogP contribution in [0, 0.1) is 0 Å². The fourth-order valence-corrected chi connectivity index (χ4v) is 2.72. The summed E-state index contributed by atoms with van der Waals surface area (Å²) in [4.78, 5) is 25.8. The summed E-state index contributed by atoms with van der Waals surface area (Å²) in [6, 6.07) is 12.6. The van der Waals surface area contributed by atoms with E-state index in [0.29, 0.717) is 30.3 Å². The van der Waals surface area contributed by atoms with Gasteiger partial charge in [-0.05, 0) is 42.0 Å². The van der Waals surface area contributed by atoms with Crippen LogP contribution >= 0.6 is 0 Å². The fourth-order valence-electron chi connectivity index (χ4n) is 2.72. The third-order valence-corrected chi connectivity index (χ3v) is 4.26. The van der Waals surface area contributed by atoms with Crippen LogP contribution in [0.3, 0.4) is 0 Å². The standard InChI is InChI=1S/C21H26N2O5/c1-15(24)23(17-6-8-18(26-2)9-7-17)12-11-21(25)22-14-16-5-10-19(27-3)20(13-16)28-4/h5-10,13H,11-12,14H2,1-4H3,(H,22,25). The van der Waals surface area contributed by atoms with E-state index in [-0.39, 0.29) is 18.2 Å². The van der Waals surface area contributed by atoms with Gasteiger partial charge in [-0.3, -0.25) is 9.59 Å². The first-order chi connectivity index (χ1) is 13.5. The molecule has 0 saturated carbocycles. The zero-order chi connectivity index (χ0) is 20.5. The number of nitrogens with one attached hydrogen (secondary N) is 1. The Morgan fingerprint density at radius 1 is 0.929 bits per heavy atom. The molecule has 2 aromatic carbocycles. The SMILES string of the molecule is COc1ccc(N(CCC(=O)NCc2ccc(OC)c(OC)c2)C(C)=O)cc1. The molecule has 0 heterocycles. The van der Waals surface area contributed by atoms with Crippen LogP contribution in [0.25, 0.3) is 0 Å². The van der Waals surface area contributed by atoms with Gasteiger partial charge in [0.15, 0.2) is 11.5 Å². The summed E-state index contributed by atoms with van der Waals surface area (Å²) in [6.07, 6.45) is 0.193. The normalized spacial score (nSPS) is 10.1. The highest BCUT2D eigenvalue weighted by Gasteiger charge is 2.14. The molecule has 0 aliphatic carbocycles. The minimum absolute atomic E-state index is 0.127. The molecule has 2 amide bonds. The van der Waals surface area contributed by atoms with Crippen molar-refractivity contribution in [3.05, 3.63) is 48.0 Å². The highest BCUT2D eigenvalue weighted by Crippen LogP contribution is 2.27. The maximum absolute atomic E-state index is 12.2. The first-order valence-electron chi connectivity index (χ1n) is 8.88. The summed E-state index contributed by atoms with van der Waals surface area (Å²) in [5.74, 6) is 1.68. The van der Waals surface area contributed by atoms with Gasteiger partial charge in [-0.2, -0.15) is 0 Å². The summed E-state index contributed by atoms with van der Waals surface area (Å²) in [6.45, 7) is 2.13. The summed E-state index contributed by atoms with van der Waals surface area (Å²) in [5, 5.41) is 2.86. The Morgan fingerprint density at radius 2 is 1.61 bits per heavy atom. The number of nitrogens with zero attached hydrogens (tertiary/aromatic N) is 1. The smallest absolute Gasteiger partial charge is 0.223 e. The van der Waals surface area contributed by atoms with Gasteiger partial charge in [-0.1, -0.05) is 6.07 Å². The summed E-state index contributed by atoms with van der Waals surface area (Å²) in [7, 11) is 4.72. The van der Waals surface area contributed by atoms with Crippen LogP contribution in [0.15, 0.2) is 42.5 Å². The number of anilines is 1. The minimum atomic E-state index is -0.144. The molecule has 150 valence electrons. The van der Waals surface area contributed by atoms with Crippen molar-refractivity contribution in [2.45, 2.75) is 19.9 Å². The van der Waals surface area contributed by atoms with Crippen LogP contribution in [0.5, 0.6) is 17.2 Å². The van der Waals surface area contributed by atoms with E-state index >= 15 is 0 Å². The number of amides is 2. The Hall–Kier alpha value is -3.22. The fraction of sp³-hybridized carbons (Fsp3) is 0.333. The van der Waals surface area contributed by atoms with E-state index in [1.54, 1.807) is 56.6 Å². The number of benzene rings is 2. The van der Waals surface area contributed by atoms with Crippen molar-refractivity contribution in [3.63, 3.8) is 0 Å². The van der Waals surface area contributed by atoms with Gasteiger partial charge in [0.1, 0.15) is 5.75 Å². The quantitative estimate of drug-likeness (QED) is 0.717. The van der Waals surface area contributed by atoms with Gasteiger partial charge in [0.05, 0.1) is 21.3 Å². The van der Waals surface area contributed by atoms with Crippen LogP contribution in [-0.4, -0.2) is 39.7 Å². The predicted octanol–water partition coefficient (Wildman–Crippen LogP) is 2.77. The summed E-state index contributed by atoms with van der Waals surface area (Å²) < 4.78 is 15.6. The number of hydrogen-bond acceptors (Lipinski definition) is 5. The predicted molar refractivity (Wildman–Crippen MR) is 107 cm³/mol. The molecule has 7 nitrogen and oxygen atoms in total. The molecule has 0 unspecified atom stereocenters. The first-order valence-corrected chi connectivity index (χ1v) is 8.88. The maximum atomic E-state index is 12.2. The van der Waals surface area contributed by atoms with E-state index < -0.39 is 0 Å². The Labute approximate surface area is 165 Å². The second-order valence-corrected chi connectivity index (χ2v) is 6.08. The lowest BCUT2D eigenvalue weighted by Gasteiger charge is -2.21. The topological polar surface area (TPSA) is 77.1 Å². The molecule has 0 aliphatic rings. The van der Waals surface area contributed by atoms with E-state index in [1.807, 2.05) is 12.1 Å². The maximum Gasteiger partial charge on any atom is 0.223 e. The molecule has 0 aliphatic heterocycles. The lowest BCUT2D eigenvalue weighted by atomic mass is 10.2. The first kappa shape index (κ1) is 21.1. The second-order valence-electron chi connectivity index (χ2n) is 6.08. The summed E-state index contributed by atoms with van der Waals surface area (Å²) >= 11 is 0. The highest BCUT2D eigenvalue weighted by atomic mass is 16.5. The van der Waals surface area contributed by atoms with Crippen molar-refractivity contribution in [1.82, 2.24) is 5.32 Å². The number of methoxy groups -OCH3 is 3. The molecular weight excluding hydrogens is 360 g/mol. The molecule has 0 saturated heterocycles. The number of ether oxygens (including phenoxy) is 3. The van der Waals surface area contributed by atoms with Crippen molar-refractivity contribution in [2.24, 2.45) is 0 Å². The average Bonchev–Trinajstić information content (AvgIpc) is 2.72. The van der Waals surface area contributed by atoms with Gasteiger partial charge < -0.3 is 24.4 Å². The number of rotatable bonds is 9. The monoisotopic (exact) mass is 386 g/mol. The molecule has 0 spiro atoms. The molecule has 0 atom stereocenters. The molecule has 0 radical (unpaired) electrons. The van der Waals surface area contributed by atoms with E-state index in [0.717, 1.165) is 11.3 Å². The van der Waals surface area contributed by atoms with Crippen molar-refractivity contribution in [1.29, 1.82) is 0 Å². The largest absolute Gasteiger partial charge is 0.497 e. The van der Waals surface area contributed by atoms with E-state index in [4.69, 9.17) is 14.2 Å². The number of carbonyl (C=O) groups excluding carboxylic acids is 2. The van der Waals surface area contributed by atoms with Crippen molar-refractivity contribution < 1.29 is 23.8 Å². The lowest BCUT2D eigenvalue weighted by molar-refractivity contribution is -0.121. The molecule has 7 heteroatoms. The van der Waals surface area contributed by atoms with Crippen LogP contribution < -0.4 is 24.4 Å². The van der Waals surface area contributed by atoms with Gasteiger partial charge in [-0.25, -0.2) is 0 Å². The Morgan fingerprint density at radius 3 is 2.18 bits per heavy atom. The van der Waals surface area contributed by atoms with Gasteiger partial charge in [-0.15, -0.1) is 0 Å². The zero-order valence-corrected chi connectivity index (χ0v) is 16.7. The Balaban J connectivity index is 1.91. The van der Waals surface area contributed by atoms with E-state index in [2.05, 4.69) is 5.32 Å². The van der Waals surface area contributed by atoms with Gasteiger partial charge >= 0.3 is 0 Å². The molecular formula is C21H26N2O5. The third-order valence-electron chi connectivity index (χ3n) is 4.26. The van der Waals surface area contributed by atoms with Gasteiger partial charge in [0.25, 0.3) is 0 Å². The van der Waals surface area contributed by atoms with Crippen LogP contribution in [0.1, 0.15) is 18.9 Å². The minimum Gasteiger partial charge on any atom is -0.497 e. The average molecular weight is 386 g/mol. The Kier molecular flexibility index (Phi) is 7.68. The second kappa shape index (κ2) is 10.2. The third kappa shape index (κ3) is 5.64. The van der Waals surface area contributed by atoms with Crippen molar-refractivity contribution in [2.75, 3.05) is 32.8 Å². The molecule has 28 heavy (non-hydrogen) atoms. The molecule has 0 bridgehead atoms. The number of carbonyl (C=O) groups is 2. The Bertz CT molecular complexity index is 805. The van der Waals surface area contributed by atoms with Crippen LogP contribution in [-0.2, 0) is 16.1 Å². The van der Waals surface area contributed by atoms with E-state index in [9.17, 15) is 9.59 Å². The highest BCUT2D eigenvalue weighted by molar-refractivity contribution is 5.92. The molecule has 2 aromatic rings. The molecule has 2 rings (SSSR count). The van der Waals surface area contributed by atoms with Crippen LogP contribution in [0.4, 0.5) is 5.69 Å². The van der Waals surface area contributed by atoms with Crippen molar-refractivity contribution >= 4 is 17.5 Å².